The molecule has 1 aromatic carbocycles. The smallest absolute Gasteiger partial charge is 0.240 e. The third kappa shape index (κ3) is 3.53. The van der Waals surface area contributed by atoms with E-state index in [9.17, 15) is 4.79 Å². The normalized spacial score (nSPS) is 19.9. The van der Waals surface area contributed by atoms with E-state index in [4.69, 9.17) is 32.2 Å². The molecular formula is C17H23N3O4S. The molecule has 25 heavy (non-hydrogen) atoms. The van der Waals surface area contributed by atoms with E-state index in [1.807, 2.05) is 19.1 Å². The largest absolute Gasteiger partial charge is 0.493 e. The van der Waals surface area contributed by atoms with E-state index < -0.39 is 5.41 Å². The van der Waals surface area contributed by atoms with Crippen LogP contribution in [-0.2, 0) is 11.2 Å². The number of aliphatic imine (C=N–C) groups is 1. The van der Waals surface area contributed by atoms with Gasteiger partial charge in [-0.3, -0.25) is 4.79 Å². The summed E-state index contributed by atoms with van der Waals surface area (Å²) in [4.78, 5) is 16.8. The summed E-state index contributed by atoms with van der Waals surface area (Å²) in [5.41, 5.74) is 6.01. The fraction of sp³-hybridized carbons (Fsp3) is 0.471. The zero-order valence-electron chi connectivity index (χ0n) is 14.8. The van der Waals surface area contributed by atoms with Gasteiger partial charge in [0.05, 0.1) is 21.3 Å². The van der Waals surface area contributed by atoms with Crippen molar-refractivity contribution in [2.45, 2.75) is 26.2 Å². The van der Waals surface area contributed by atoms with Crippen LogP contribution in [0.1, 0.15) is 25.3 Å². The molecule has 1 atom stereocenters. The Balaban J connectivity index is 2.52. The predicted octanol–water partition coefficient (Wildman–Crippen LogP) is 1.81. The van der Waals surface area contributed by atoms with Crippen LogP contribution in [0.3, 0.4) is 0 Å². The SMILES string of the molecule is CCCC1(Cc2cc(OC)c(OC)c(OC)c2)C(=O)NC(=S)N=C1N. The van der Waals surface area contributed by atoms with Crippen LogP contribution in [0.25, 0.3) is 0 Å². The minimum Gasteiger partial charge on any atom is -0.493 e. The van der Waals surface area contributed by atoms with E-state index in [2.05, 4.69) is 10.3 Å². The quantitative estimate of drug-likeness (QED) is 0.716. The zero-order chi connectivity index (χ0) is 18.6. The van der Waals surface area contributed by atoms with Crippen molar-refractivity contribution < 1.29 is 19.0 Å². The highest BCUT2D eigenvalue weighted by atomic mass is 32.1. The lowest BCUT2D eigenvalue weighted by atomic mass is 9.75. The van der Waals surface area contributed by atoms with Gasteiger partial charge in [0.15, 0.2) is 11.5 Å². The Kier molecular flexibility index (Phi) is 5.84. The van der Waals surface area contributed by atoms with Crippen molar-refractivity contribution in [3.8, 4) is 17.2 Å². The van der Waals surface area contributed by atoms with Gasteiger partial charge in [-0.15, -0.1) is 0 Å². The van der Waals surface area contributed by atoms with Crippen LogP contribution in [0, 0.1) is 5.41 Å². The zero-order valence-corrected chi connectivity index (χ0v) is 15.7. The number of hydrogen-bond acceptors (Lipinski definition) is 6. The molecule has 1 unspecified atom stereocenters. The maximum atomic E-state index is 12.7. The van der Waals surface area contributed by atoms with Crippen molar-refractivity contribution in [1.82, 2.24) is 5.32 Å². The summed E-state index contributed by atoms with van der Waals surface area (Å²) >= 11 is 4.97. The first kappa shape index (κ1) is 19.0. The highest BCUT2D eigenvalue weighted by Gasteiger charge is 2.45. The predicted molar refractivity (Wildman–Crippen MR) is 99.5 cm³/mol. The molecule has 0 saturated carbocycles. The van der Waals surface area contributed by atoms with Crippen LogP contribution < -0.4 is 25.3 Å². The first-order chi connectivity index (χ1) is 11.9. The molecule has 0 saturated heterocycles. The van der Waals surface area contributed by atoms with Gasteiger partial charge in [-0.1, -0.05) is 13.3 Å². The summed E-state index contributed by atoms with van der Waals surface area (Å²) in [6.45, 7) is 1.99. The van der Waals surface area contributed by atoms with Gasteiger partial charge in [-0.05, 0) is 42.8 Å². The third-order valence-electron chi connectivity index (χ3n) is 4.27. The second-order valence-corrected chi connectivity index (χ2v) is 6.19. The Morgan fingerprint density at radius 3 is 2.24 bits per heavy atom. The lowest BCUT2D eigenvalue weighted by Gasteiger charge is -2.34. The van der Waals surface area contributed by atoms with E-state index in [1.54, 1.807) is 21.3 Å². The molecule has 0 aliphatic carbocycles. The third-order valence-corrected chi connectivity index (χ3v) is 4.47. The summed E-state index contributed by atoms with van der Waals surface area (Å²) in [7, 11) is 4.63. The van der Waals surface area contributed by atoms with Crippen LogP contribution in [0.2, 0.25) is 0 Å². The lowest BCUT2D eigenvalue weighted by Crippen LogP contribution is -2.56. The molecule has 1 aliphatic heterocycles. The molecule has 1 aromatic rings. The number of ether oxygens (including phenoxy) is 3. The number of thiocarbonyl (C=S) groups is 1. The number of amides is 1. The number of amidine groups is 1. The van der Waals surface area contributed by atoms with E-state index in [-0.39, 0.29) is 16.9 Å². The number of carbonyl (C=O) groups excluding carboxylic acids is 1. The van der Waals surface area contributed by atoms with Crippen molar-refractivity contribution in [3.63, 3.8) is 0 Å². The minimum absolute atomic E-state index is 0.0964. The second-order valence-electron chi connectivity index (χ2n) is 5.80. The fourth-order valence-electron chi connectivity index (χ4n) is 3.09. The molecule has 0 bridgehead atoms. The van der Waals surface area contributed by atoms with Crippen LogP contribution in [0.4, 0.5) is 0 Å². The van der Waals surface area contributed by atoms with Gasteiger partial charge < -0.3 is 25.3 Å². The van der Waals surface area contributed by atoms with Gasteiger partial charge in [0, 0.05) is 0 Å². The van der Waals surface area contributed by atoms with Gasteiger partial charge in [0.1, 0.15) is 11.3 Å². The first-order valence-corrected chi connectivity index (χ1v) is 8.31. The van der Waals surface area contributed by atoms with E-state index in [1.165, 1.54) is 0 Å². The Morgan fingerprint density at radius 2 is 1.80 bits per heavy atom. The number of rotatable bonds is 7. The molecule has 7 nitrogen and oxygen atoms in total. The highest BCUT2D eigenvalue weighted by molar-refractivity contribution is 7.80. The molecule has 8 heteroatoms. The van der Waals surface area contributed by atoms with E-state index in [0.717, 1.165) is 12.0 Å². The summed E-state index contributed by atoms with van der Waals surface area (Å²) in [6.07, 6.45) is 1.66. The number of nitrogens with one attached hydrogen (secondary N) is 1. The average Bonchev–Trinajstić information content (AvgIpc) is 2.58. The highest BCUT2D eigenvalue weighted by Crippen LogP contribution is 2.41. The first-order valence-electron chi connectivity index (χ1n) is 7.90. The Labute approximate surface area is 152 Å². The number of carbonyl (C=O) groups is 1. The average molecular weight is 365 g/mol. The van der Waals surface area contributed by atoms with Crippen molar-refractivity contribution >= 4 is 29.1 Å². The standard InChI is InChI=1S/C17H23N3O4S/c1-5-6-17(14(18)19-16(25)20-15(17)21)9-10-7-11(22-2)13(24-4)12(8-10)23-3/h7-8H,5-6,9H2,1-4H3,(H3,18,19,20,21,25). The van der Waals surface area contributed by atoms with Crippen LogP contribution in [0.5, 0.6) is 17.2 Å². The maximum absolute atomic E-state index is 12.7. The fourth-order valence-corrected chi connectivity index (χ4v) is 3.28. The van der Waals surface area contributed by atoms with Crippen LogP contribution >= 0.6 is 12.2 Å². The van der Waals surface area contributed by atoms with E-state index >= 15 is 0 Å². The number of benzene rings is 1. The number of nitrogens with two attached hydrogens (primary N) is 1. The van der Waals surface area contributed by atoms with Gasteiger partial charge in [-0.25, -0.2) is 4.99 Å². The molecule has 0 aromatic heterocycles. The molecule has 1 amide bonds. The summed E-state index contributed by atoms with van der Waals surface area (Å²) in [6, 6.07) is 3.62. The van der Waals surface area contributed by atoms with Crippen LogP contribution in [-0.4, -0.2) is 38.2 Å². The summed E-state index contributed by atoms with van der Waals surface area (Å²) < 4.78 is 16.1. The summed E-state index contributed by atoms with van der Waals surface area (Å²) in [5.74, 6) is 1.53. The van der Waals surface area contributed by atoms with Crippen molar-refractivity contribution in [3.05, 3.63) is 17.7 Å². The Bertz CT molecular complexity index is 695. The topological polar surface area (TPSA) is 95.2 Å². The van der Waals surface area contributed by atoms with E-state index in [0.29, 0.717) is 30.1 Å². The number of methoxy groups -OCH3 is 3. The van der Waals surface area contributed by atoms with Crippen molar-refractivity contribution in [2.24, 2.45) is 16.1 Å². The van der Waals surface area contributed by atoms with Crippen molar-refractivity contribution in [2.75, 3.05) is 21.3 Å². The summed E-state index contributed by atoms with van der Waals surface area (Å²) in [5, 5.41) is 2.72. The van der Waals surface area contributed by atoms with Crippen LogP contribution in [0.15, 0.2) is 17.1 Å². The lowest BCUT2D eigenvalue weighted by molar-refractivity contribution is -0.126. The second kappa shape index (κ2) is 7.69. The molecule has 136 valence electrons. The Hall–Kier alpha value is -2.35. The molecule has 0 fully saturated rings. The molecular weight excluding hydrogens is 342 g/mol. The van der Waals surface area contributed by atoms with Gasteiger partial charge >= 0.3 is 0 Å². The molecule has 1 heterocycles. The van der Waals surface area contributed by atoms with Gasteiger partial charge in [-0.2, -0.15) is 0 Å². The molecule has 0 spiro atoms. The number of hydrogen-bond donors (Lipinski definition) is 2. The molecule has 0 radical (unpaired) electrons. The molecule has 1 aliphatic rings. The molecule has 3 N–H and O–H groups in total. The minimum atomic E-state index is -0.957. The maximum Gasteiger partial charge on any atom is 0.240 e. The molecule has 2 rings (SSSR count). The monoisotopic (exact) mass is 365 g/mol. The van der Waals surface area contributed by atoms with Crippen molar-refractivity contribution in [1.29, 1.82) is 0 Å². The Morgan fingerprint density at radius 1 is 1.20 bits per heavy atom. The van der Waals surface area contributed by atoms with Gasteiger partial charge in [0.25, 0.3) is 0 Å². The van der Waals surface area contributed by atoms with Gasteiger partial charge in [0.2, 0.25) is 16.8 Å². The number of nitrogens with zero attached hydrogens (tertiary/aromatic N) is 1.